The highest BCUT2D eigenvalue weighted by molar-refractivity contribution is 5.87. The van der Waals surface area contributed by atoms with Gasteiger partial charge in [-0.3, -0.25) is 0 Å². The van der Waals surface area contributed by atoms with E-state index in [9.17, 15) is 4.79 Å². The summed E-state index contributed by atoms with van der Waals surface area (Å²) < 4.78 is 11.5. The molecule has 120 valence electrons. The minimum Gasteiger partial charge on any atom is -0.469 e. The number of rotatable bonds is 2. The number of esters is 1. The molecule has 0 aliphatic heterocycles. The topological polar surface area (TPSA) is 39.4 Å². The Morgan fingerprint density at radius 3 is 2.86 bits per heavy atom. The summed E-state index contributed by atoms with van der Waals surface area (Å²) in [7, 11) is 0. The molecule has 1 saturated carbocycles. The van der Waals surface area contributed by atoms with Crippen molar-refractivity contribution < 1.29 is 13.9 Å². The summed E-state index contributed by atoms with van der Waals surface area (Å²) in [6.45, 7) is 12.1. The fourth-order valence-corrected chi connectivity index (χ4v) is 4.32. The van der Waals surface area contributed by atoms with Crippen LogP contribution >= 0.6 is 0 Å². The maximum atomic E-state index is 11.9. The van der Waals surface area contributed by atoms with Crippen molar-refractivity contribution in [2.75, 3.05) is 0 Å². The molecule has 1 fully saturated rings. The smallest absolute Gasteiger partial charge is 0.333 e. The minimum atomic E-state index is -0.255. The van der Waals surface area contributed by atoms with Gasteiger partial charge in [0.2, 0.25) is 0 Å². The van der Waals surface area contributed by atoms with Gasteiger partial charge in [0.25, 0.3) is 0 Å². The first-order valence-corrected chi connectivity index (χ1v) is 8.25. The average Bonchev–Trinajstić information content (AvgIpc) is 2.81. The third-order valence-electron chi connectivity index (χ3n) is 6.12. The summed E-state index contributed by atoms with van der Waals surface area (Å²) in [4.78, 5) is 11.9. The van der Waals surface area contributed by atoms with Crippen LogP contribution in [0.15, 0.2) is 22.8 Å². The molecule has 1 aromatic rings. The van der Waals surface area contributed by atoms with E-state index in [1.165, 1.54) is 16.9 Å². The summed E-state index contributed by atoms with van der Waals surface area (Å²) >= 11 is 0. The number of furan rings is 1. The molecule has 0 unspecified atom stereocenters. The van der Waals surface area contributed by atoms with Crippen molar-refractivity contribution in [2.45, 2.75) is 59.5 Å². The number of aryl methyl sites for hydroxylation is 1. The molecule has 2 aliphatic carbocycles. The number of hydrogen-bond donors (Lipinski definition) is 0. The predicted molar refractivity (Wildman–Crippen MR) is 85.5 cm³/mol. The van der Waals surface area contributed by atoms with Gasteiger partial charge in [-0.25, -0.2) is 4.79 Å². The second kappa shape index (κ2) is 5.29. The summed E-state index contributed by atoms with van der Waals surface area (Å²) in [6, 6.07) is 0. The molecule has 4 atom stereocenters. The van der Waals surface area contributed by atoms with Crippen LogP contribution in [0.2, 0.25) is 0 Å². The van der Waals surface area contributed by atoms with E-state index in [1.54, 1.807) is 6.92 Å². The molecule has 3 nitrogen and oxygen atoms in total. The highest BCUT2D eigenvalue weighted by Gasteiger charge is 2.50. The zero-order chi connectivity index (χ0) is 16.1. The minimum absolute atomic E-state index is 0.000734. The van der Waals surface area contributed by atoms with Gasteiger partial charge in [-0.15, -0.1) is 0 Å². The van der Waals surface area contributed by atoms with E-state index in [1.807, 2.05) is 6.26 Å². The molecule has 0 spiro atoms. The van der Waals surface area contributed by atoms with Crippen LogP contribution in [0, 0.1) is 24.2 Å². The fraction of sp³-hybridized carbons (Fsp3) is 0.632. The lowest BCUT2D eigenvalue weighted by Crippen LogP contribution is -2.50. The first-order valence-electron chi connectivity index (χ1n) is 8.25. The lowest BCUT2D eigenvalue weighted by molar-refractivity contribution is -0.156. The quantitative estimate of drug-likeness (QED) is 0.606. The summed E-state index contributed by atoms with van der Waals surface area (Å²) in [5, 5.41) is 0. The molecule has 3 rings (SSSR count). The Morgan fingerprint density at radius 2 is 2.18 bits per heavy atom. The largest absolute Gasteiger partial charge is 0.469 e. The molecule has 3 heteroatoms. The van der Waals surface area contributed by atoms with Gasteiger partial charge >= 0.3 is 5.97 Å². The highest BCUT2D eigenvalue weighted by Crippen LogP contribution is 2.53. The van der Waals surface area contributed by atoms with Crippen LogP contribution in [0.1, 0.15) is 50.5 Å². The van der Waals surface area contributed by atoms with E-state index >= 15 is 0 Å². The van der Waals surface area contributed by atoms with Crippen LogP contribution in [-0.2, 0) is 22.4 Å². The lowest BCUT2D eigenvalue weighted by atomic mass is 9.55. The van der Waals surface area contributed by atoms with Crippen LogP contribution < -0.4 is 0 Å². The van der Waals surface area contributed by atoms with E-state index in [-0.39, 0.29) is 17.5 Å². The average molecular weight is 302 g/mol. The third-order valence-corrected chi connectivity index (χ3v) is 6.12. The van der Waals surface area contributed by atoms with Gasteiger partial charge in [-0.05, 0) is 61.5 Å². The summed E-state index contributed by atoms with van der Waals surface area (Å²) in [5.41, 5.74) is 3.27. The molecular weight excluding hydrogens is 276 g/mol. The Morgan fingerprint density at radius 1 is 1.45 bits per heavy atom. The van der Waals surface area contributed by atoms with Crippen molar-refractivity contribution in [1.82, 2.24) is 0 Å². The summed E-state index contributed by atoms with van der Waals surface area (Å²) in [5.74, 6) is 1.87. The molecule has 0 bridgehead atoms. The molecular formula is C19H26O3. The Hall–Kier alpha value is -1.51. The lowest BCUT2D eigenvalue weighted by Gasteiger charge is -2.51. The highest BCUT2D eigenvalue weighted by atomic mass is 16.5. The van der Waals surface area contributed by atoms with Gasteiger partial charge in [0.1, 0.15) is 11.9 Å². The van der Waals surface area contributed by atoms with Gasteiger partial charge in [0.15, 0.2) is 0 Å². The second-order valence-electron chi connectivity index (χ2n) is 7.49. The molecule has 22 heavy (non-hydrogen) atoms. The van der Waals surface area contributed by atoms with Gasteiger partial charge < -0.3 is 9.15 Å². The number of carbonyl (C=O) groups excluding carboxylic acids is 1. The predicted octanol–water partition coefficient (Wildman–Crippen LogP) is 4.23. The van der Waals surface area contributed by atoms with Gasteiger partial charge in [-0.2, -0.15) is 0 Å². The second-order valence-corrected chi connectivity index (χ2v) is 7.49. The Kier molecular flexibility index (Phi) is 3.70. The molecule has 1 heterocycles. The molecule has 1 aromatic heterocycles. The van der Waals surface area contributed by atoms with Crippen LogP contribution in [0.4, 0.5) is 0 Å². The normalized spacial score (nSPS) is 33.7. The molecule has 0 aromatic carbocycles. The molecule has 0 N–H and O–H groups in total. The maximum Gasteiger partial charge on any atom is 0.333 e. The van der Waals surface area contributed by atoms with Crippen LogP contribution in [0.3, 0.4) is 0 Å². The maximum absolute atomic E-state index is 11.9. The zero-order valence-electron chi connectivity index (χ0n) is 14.1. The number of ether oxygens (including phenoxy) is 1. The van der Waals surface area contributed by atoms with Gasteiger partial charge in [0, 0.05) is 12.0 Å². The Balaban J connectivity index is 1.84. The number of hydrogen-bond acceptors (Lipinski definition) is 3. The van der Waals surface area contributed by atoms with Crippen LogP contribution in [0.25, 0.3) is 0 Å². The van der Waals surface area contributed by atoms with E-state index in [4.69, 9.17) is 9.15 Å². The van der Waals surface area contributed by atoms with Gasteiger partial charge in [-0.1, -0.05) is 20.4 Å². The van der Waals surface area contributed by atoms with Crippen molar-refractivity contribution >= 4 is 5.97 Å². The van der Waals surface area contributed by atoms with Crippen molar-refractivity contribution in [3.63, 3.8) is 0 Å². The van der Waals surface area contributed by atoms with Crippen LogP contribution in [-0.4, -0.2) is 12.1 Å². The Bertz CT molecular complexity index is 612. The van der Waals surface area contributed by atoms with Crippen molar-refractivity contribution in [3.05, 3.63) is 35.3 Å². The third kappa shape index (κ3) is 2.31. The molecule has 0 saturated heterocycles. The Labute approximate surface area is 132 Å². The standard InChI is InChI=1S/C19H26O3/c1-11(2)18(20)22-16-7-6-14-8-17-15(12(3)10-21-17)9-19(14,5)13(16)4/h10,13-14,16H,1,6-9H2,2-5H3/t13-,14+,16-,19-/m0/s1. The van der Waals surface area contributed by atoms with Crippen molar-refractivity contribution in [3.8, 4) is 0 Å². The zero-order valence-corrected chi connectivity index (χ0v) is 14.1. The van der Waals surface area contributed by atoms with Gasteiger partial charge in [0.05, 0.1) is 6.26 Å². The fourth-order valence-electron chi connectivity index (χ4n) is 4.32. The van der Waals surface area contributed by atoms with Crippen molar-refractivity contribution in [1.29, 1.82) is 0 Å². The molecule has 2 aliphatic rings. The molecule has 0 amide bonds. The van der Waals surface area contributed by atoms with E-state index < -0.39 is 0 Å². The monoisotopic (exact) mass is 302 g/mol. The van der Waals surface area contributed by atoms with E-state index in [0.717, 1.165) is 25.7 Å². The van der Waals surface area contributed by atoms with Crippen LogP contribution in [0.5, 0.6) is 0 Å². The number of fused-ring (bicyclic) bond motifs is 2. The number of carbonyl (C=O) groups is 1. The van der Waals surface area contributed by atoms with Crippen molar-refractivity contribution in [2.24, 2.45) is 17.3 Å². The SMILES string of the molecule is C=C(C)C(=O)O[C@H]1CC[C@@H]2Cc3occ(C)c3C[C@@]2(C)[C@H]1C. The first kappa shape index (κ1) is 15.4. The first-order chi connectivity index (χ1) is 10.3. The van der Waals surface area contributed by atoms with E-state index in [2.05, 4.69) is 27.4 Å². The summed E-state index contributed by atoms with van der Waals surface area (Å²) in [6.07, 6.45) is 5.96. The molecule has 0 radical (unpaired) electrons. The van der Waals surface area contributed by atoms with E-state index in [0.29, 0.717) is 17.4 Å².